The lowest BCUT2D eigenvalue weighted by molar-refractivity contribution is -0.137. The lowest BCUT2D eigenvalue weighted by atomic mass is 10.1. The van der Waals surface area contributed by atoms with E-state index in [2.05, 4.69) is 11.9 Å². The number of nitrogens with one attached hydrogen (secondary N) is 3. The summed E-state index contributed by atoms with van der Waals surface area (Å²) in [6.45, 7) is 3.51. The van der Waals surface area contributed by atoms with Crippen LogP contribution >= 0.6 is 0 Å². The molecule has 0 atom stereocenters. The number of halogens is 3. The van der Waals surface area contributed by atoms with E-state index in [1.165, 1.54) is 18.2 Å². The monoisotopic (exact) mass is 365 g/mol. The van der Waals surface area contributed by atoms with Crippen molar-refractivity contribution in [2.24, 2.45) is 0 Å². The molecule has 138 valence electrons. The van der Waals surface area contributed by atoms with Crippen molar-refractivity contribution in [2.75, 3.05) is 11.9 Å². The first kappa shape index (κ1) is 19.0. The van der Waals surface area contributed by atoms with Gasteiger partial charge in [-0.3, -0.25) is 5.41 Å². The molecule has 5 nitrogen and oxygen atoms in total. The predicted molar refractivity (Wildman–Crippen MR) is 95.1 cm³/mol. The summed E-state index contributed by atoms with van der Waals surface area (Å²) < 4.78 is 47.7. The zero-order valence-corrected chi connectivity index (χ0v) is 13.6. The molecule has 2 aromatic rings. The van der Waals surface area contributed by atoms with Crippen LogP contribution in [0.2, 0.25) is 0 Å². The second kappa shape index (κ2) is 8.19. The highest BCUT2D eigenvalue weighted by molar-refractivity contribution is 6.02. The Hall–Kier alpha value is -3.29. The van der Waals surface area contributed by atoms with Crippen LogP contribution < -0.4 is 5.32 Å². The van der Waals surface area contributed by atoms with E-state index >= 15 is 0 Å². The van der Waals surface area contributed by atoms with E-state index in [1.54, 1.807) is 24.3 Å². The molecule has 0 aromatic heterocycles. The van der Waals surface area contributed by atoms with Gasteiger partial charge in [0.1, 0.15) is 6.61 Å². The van der Waals surface area contributed by atoms with Crippen molar-refractivity contribution in [1.29, 1.82) is 10.8 Å². The predicted octanol–water partition coefficient (Wildman–Crippen LogP) is 5.17. The highest BCUT2D eigenvalue weighted by atomic mass is 19.4. The Morgan fingerprint density at radius 2 is 1.77 bits per heavy atom. The zero-order valence-electron chi connectivity index (χ0n) is 13.6. The van der Waals surface area contributed by atoms with E-state index in [4.69, 9.17) is 20.3 Å². The molecule has 0 heterocycles. The van der Waals surface area contributed by atoms with Gasteiger partial charge in [-0.05, 0) is 36.4 Å². The maximum atomic E-state index is 12.6. The summed E-state index contributed by atoms with van der Waals surface area (Å²) in [5, 5.41) is 18.4. The van der Waals surface area contributed by atoms with E-state index in [0.717, 1.165) is 12.1 Å². The Kier molecular flexibility index (Phi) is 6.00. The summed E-state index contributed by atoms with van der Waals surface area (Å²) in [5.74, 6) is -0.339. The molecule has 0 bridgehead atoms. The van der Waals surface area contributed by atoms with Crippen LogP contribution in [0.4, 0.5) is 24.5 Å². The van der Waals surface area contributed by atoms with Crippen molar-refractivity contribution in [3.05, 3.63) is 72.3 Å². The molecule has 0 fully saturated rings. The molecule has 0 aliphatic heterocycles. The molecule has 2 rings (SSSR count). The minimum atomic E-state index is -4.40. The Labute approximate surface area is 149 Å². The van der Waals surface area contributed by atoms with Gasteiger partial charge in [-0.1, -0.05) is 24.8 Å². The molecule has 26 heavy (non-hydrogen) atoms. The average molecular weight is 365 g/mol. The van der Waals surface area contributed by atoms with Gasteiger partial charge in [0, 0.05) is 7.11 Å². The van der Waals surface area contributed by atoms with Crippen LogP contribution in [0.15, 0.2) is 61.2 Å². The van der Waals surface area contributed by atoms with E-state index in [9.17, 15) is 13.2 Å². The van der Waals surface area contributed by atoms with Gasteiger partial charge in [-0.15, -0.1) is 0 Å². The topological polar surface area (TPSA) is 78.2 Å². The number of ether oxygens (including phenoxy) is 2. The Morgan fingerprint density at radius 1 is 1.12 bits per heavy atom. The normalized spacial score (nSPS) is 10.7. The van der Waals surface area contributed by atoms with E-state index in [-0.39, 0.29) is 13.9 Å². The van der Waals surface area contributed by atoms with Gasteiger partial charge < -0.3 is 14.8 Å². The minimum absolute atomic E-state index is 0. The maximum Gasteiger partial charge on any atom is 0.416 e. The highest BCUT2D eigenvalue weighted by Crippen LogP contribution is 2.30. The molecule has 0 saturated carbocycles. The largest absolute Gasteiger partial charge is 0.446 e. The first-order chi connectivity index (χ1) is 12.3. The van der Waals surface area contributed by atoms with Crippen molar-refractivity contribution < 1.29 is 24.1 Å². The third kappa shape index (κ3) is 5.10. The molecule has 0 spiro atoms. The number of alkyl halides is 3. The first-order valence-corrected chi connectivity index (χ1v) is 7.43. The minimum Gasteiger partial charge on any atom is -0.446 e. The van der Waals surface area contributed by atoms with Gasteiger partial charge in [-0.25, -0.2) is 5.41 Å². The Morgan fingerprint density at radius 3 is 2.38 bits per heavy atom. The van der Waals surface area contributed by atoms with E-state index in [0.29, 0.717) is 16.9 Å². The van der Waals surface area contributed by atoms with Crippen LogP contribution in [0.25, 0.3) is 0 Å². The SMILES string of the molecule is C=CCOC(=N)OC(=N)c1ccccc1Nc1ccc(C(F)(F)F)cc1.[HH]. The van der Waals surface area contributed by atoms with Gasteiger partial charge in [0.05, 0.1) is 16.8 Å². The van der Waals surface area contributed by atoms with Gasteiger partial charge in [0.15, 0.2) is 0 Å². The highest BCUT2D eigenvalue weighted by Gasteiger charge is 2.29. The van der Waals surface area contributed by atoms with Gasteiger partial charge >= 0.3 is 12.3 Å². The Balaban J connectivity index is 0.00000364. The van der Waals surface area contributed by atoms with Crippen LogP contribution in [0.1, 0.15) is 12.6 Å². The summed E-state index contributed by atoms with van der Waals surface area (Å²) in [6, 6.07) is 11.1. The maximum absolute atomic E-state index is 12.6. The molecule has 0 unspecified atom stereocenters. The van der Waals surface area contributed by atoms with Gasteiger partial charge in [-0.2, -0.15) is 13.2 Å². The van der Waals surface area contributed by atoms with E-state index < -0.39 is 17.8 Å². The molecular formula is C18H18F3N3O2. The summed E-state index contributed by atoms with van der Waals surface area (Å²) in [5.41, 5.74) is 0.421. The number of anilines is 2. The molecule has 0 aliphatic carbocycles. The van der Waals surface area contributed by atoms with Crippen LogP contribution in [-0.2, 0) is 15.7 Å². The van der Waals surface area contributed by atoms with Crippen LogP contribution in [0.3, 0.4) is 0 Å². The quantitative estimate of drug-likeness (QED) is 0.388. The molecule has 0 saturated heterocycles. The zero-order chi connectivity index (χ0) is 19.2. The number of hydrogen-bond acceptors (Lipinski definition) is 5. The fraction of sp³-hybridized carbons (Fsp3) is 0.111. The molecule has 0 amide bonds. The van der Waals surface area contributed by atoms with Gasteiger partial charge in [0.25, 0.3) is 0 Å². The second-order valence-corrected chi connectivity index (χ2v) is 5.06. The molecule has 0 aliphatic rings. The van der Waals surface area contributed by atoms with Gasteiger partial charge in [0.2, 0.25) is 5.90 Å². The third-order valence-electron chi connectivity index (χ3n) is 3.19. The Bertz CT molecular complexity index is 808. The van der Waals surface area contributed by atoms with Crippen molar-refractivity contribution in [3.63, 3.8) is 0 Å². The molecular weight excluding hydrogens is 347 g/mol. The number of rotatable bonds is 5. The molecule has 0 radical (unpaired) electrons. The smallest absolute Gasteiger partial charge is 0.416 e. The van der Waals surface area contributed by atoms with Crippen LogP contribution in [-0.4, -0.2) is 18.6 Å². The van der Waals surface area contributed by atoms with Crippen LogP contribution in [0.5, 0.6) is 0 Å². The second-order valence-electron chi connectivity index (χ2n) is 5.06. The van der Waals surface area contributed by atoms with Crippen molar-refractivity contribution in [3.8, 4) is 0 Å². The summed E-state index contributed by atoms with van der Waals surface area (Å²) in [6.07, 6.45) is -3.53. The number of benzene rings is 2. The molecule has 3 N–H and O–H groups in total. The van der Waals surface area contributed by atoms with Crippen molar-refractivity contribution >= 4 is 23.4 Å². The first-order valence-electron chi connectivity index (χ1n) is 7.43. The molecule has 8 heteroatoms. The third-order valence-corrected chi connectivity index (χ3v) is 3.19. The van der Waals surface area contributed by atoms with Crippen molar-refractivity contribution in [1.82, 2.24) is 0 Å². The van der Waals surface area contributed by atoms with E-state index in [1.807, 2.05) is 0 Å². The summed E-state index contributed by atoms with van der Waals surface area (Å²) >= 11 is 0. The molecule has 2 aromatic carbocycles. The lowest BCUT2D eigenvalue weighted by Gasteiger charge is -2.14. The number of hydrogen-bond donors (Lipinski definition) is 3. The van der Waals surface area contributed by atoms with Crippen molar-refractivity contribution in [2.45, 2.75) is 6.18 Å². The fourth-order valence-electron chi connectivity index (χ4n) is 2.00. The summed E-state index contributed by atoms with van der Waals surface area (Å²) in [4.78, 5) is 0. The lowest BCUT2D eigenvalue weighted by Crippen LogP contribution is -2.16. The number of para-hydroxylation sites is 1. The van der Waals surface area contributed by atoms with Crippen LogP contribution in [0, 0.1) is 10.8 Å². The standard InChI is InChI=1S/C18H16F3N3O2.H2/c1-2-11-25-17(23)26-16(22)14-5-3-4-6-15(14)24-13-9-7-12(8-10-13)18(19,20)21;/h2-10,22-24H,1,11H2;1H. The summed E-state index contributed by atoms with van der Waals surface area (Å²) in [7, 11) is 0. The average Bonchev–Trinajstić information content (AvgIpc) is 2.60. The fourth-order valence-corrected chi connectivity index (χ4v) is 2.00.